The second-order valence-corrected chi connectivity index (χ2v) is 17.5. The van der Waals surface area contributed by atoms with E-state index in [1.54, 1.807) is 0 Å². The molecule has 1 fully saturated rings. The third kappa shape index (κ3) is 5.68. The van der Waals surface area contributed by atoms with Gasteiger partial charge in [-0.3, -0.25) is 0 Å². The molecule has 6 rings (SSSR count). The summed E-state index contributed by atoms with van der Waals surface area (Å²) >= 11 is 0. The second kappa shape index (κ2) is 11.8. The molecule has 0 bridgehead atoms. The Morgan fingerprint density at radius 1 is 0.805 bits per heavy atom. The maximum atomic E-state index is 7.61. The lowest BCUT2D eigenvalue weighted by Gasteiger charge is -2.44. The molecule has 0 aromatic heterocycles. The Bertz CT molecular complexity index is 1420. The Kier molecular flexibility index (Phi) is 8.20. The van der Waals surface area contributed by atoms with Crippen LogP contribution < -0.4 is 10.4 Å². The fourth-order valence-electron chi connectivity index (χ4n) is 7.22. The van der Waals surface area contributed by atoms with Crippen molar-refractivity contribution in [2.24, 2.45) is 0 Å². The predicted molar refractivity (Wildman–Crippen MR) is 176 cm³/mol. The first-order valence-electron chi connectivity index (χ1n) is 15.6. The van der Waals surface area contributed by atoms with Gasteiger partial charge in [0.2, 0.25) is 0 Å². The highest BCUT2D eigenvalue weighted by atomic mass is 28.4. The van der Waals surface area contributed by atoms with Crippen LogP contribution in [0.1, 0.15) is 56.4 Å². The van der Waals surface area contributed by atoms with Gasteiger partial charge in [-0.05, 0) is 82.2 Å². The third-order valence-electron chi connectivity index (χ3n) is 9.51. The van der Waals surface area contributed by atoms with Crippen LogP contribution in [0.25, 0.3) is 10.8 Å². The van der Waals surface area contributed by atoms with Crippen molar-refractivity contribution in [3.8, 4) is 0 Å². The summed E-state index contributed by atoms with van der Waals surface area (Å²) in [5, 5.41) is 5.49. The van der Waals surface area contributed by atoms with E-state index >= 15 is 0 Å². The van der Waals surface area contributed by atoms with E-state index in [9.17, 15) is 0 Å². The highest BCUT2D eigenvalue weighted by Gasteiger charge is 2.52. The van der Waals surface area contributed by atoms with Crippen LogP contribution in [0.5, 0.6) is 0 Å². The number of aryl methyl sites for hydroxylation is 2. The van der Waals surface area contributed by atoms with Crippen molar-refractivity contribution in [3.05, 3.63) is 108 Å². The van der Waals surface area contributed by atoms with Crippen molar-refractivity contribution >= 4 is 29.5 Å². The third-order valence-corrected chi connectivity index (χ3v) is 14.6. The number of likely N-dealkylation sites (N-methyl/N-ethyl adjacent to an activating group) is 1. The highest BCUT2D eigenvalue weighted by Crippen LogP contribution is 2.45. The molecule has 4 aromatic rings. The van der Waals surface area contributed by atoms with Gasteiger partial charge in [0, 0.05) is 26.2 Å². The molecule has 4 aromatic carbocycles. The molecule has 4 heteroatoms. The van der Waals surface area contributed by atoms with E-state index in [0.717, 1.165) is 19.3 Å². The standard InChI is InChI=1S/C37H46N2OSi/c1-37(2,3)41(31-13-7-5-8-14-31,32-15-9-6-10-16-32)40-36-22-21-33-34(36)20-19-30-18-17-29(28-35(30)33)12-11-23-39-26-24-38(4)25-27-39/h5-10,13-20,28,36H,11-12,21-27H2,1-4H3. The van der Waals surface area contributed by atoms with Gasteiger partial charge in [-0.1, -0.05) is 112 Å². The first-order chi connectivity index (χ1) is 19.8. The Morgan fingerprint density at radius 3 is 2.07 bits per heavy atom. The largest absolute Gasteiger partial charge is 0.400 e. The van der Waals surface area contributed by atoms with Crippen molar-refractivity contribution in [1.82, 2.24) is 9.80 Å². The number of fused-ring (bicyclic) bond motifs is 3. The molecule has 0 amide bonds. The Balaban J connectivity index is 1.29. The van der Waals surface area contributed by atoms with E-state index in [1.807, 2.05) is 0 Å². The smallest absolute Gasteiger partial charge is 0.261 e. The van der Waals surface area contributed by atoms with Gasteiger partial charge in [-0.15, -0.1) is 0 Å². The lowest BCUT2D eigenvalue weighted by atomic mass is 9.97. The van der Waals surface area contributed by atoms with Crippen LogP contribution in [0.3, 0.4) is 0 Å². The molecule has 1 atom stereocenters. The quantitative estimate of drug-likeness (QED) is 0.226. The summed E-state index contributed by atoms with van der Waals surface area (Å²) in [4.78, 5) is 5.07. The fourth-order valence-corrected chi connectivity index (χ4v) is 11.9. The minimum Gasteiger partial charge on any atom is -0.400 e. The van der Waals surface area contributed by atoms with Gasteiger partial charge in [0.05, 0.1) is 6.10 Å². The van der Waals surface area contributed by atoms with Crippen molar-refractivity contribution in [2.45, 2.75) is 57.6 Å². The molecule has 0 N–H and O–H groups in total. The topological polar surface area (TPSA) is 15.7 Å². The predicted octanol–water partition coefficient (Wildman–Crippen LogP) is 6.58. The van der Waals surface area contributed by atoms with Crippen molar-refractivity contribution in [3.63, 3.8) is 0 Å². The van der Waals surface area contributed by atoms with Crippen LogP contribution >= 0.6 is 0 Å². The molecule has 0 saturated carbocycles. The zero-order valence-electron chi connectivity index (χ0n) is 25.4. The zero-order chi connectivity index (χ0) is 28.5. The maximum absolute atomic E-state index is 7.61. The molecule has 0 radical (unpaired) electrons. The molecule has 1 unspecified atom stereocenters. The lowest BCUT2D eigenvalue weighted by Crippen LogP contribution is -2.66. The summed E-state index contributed by atoms with van der Waals surface area (Å²) in [6, 6.07) is 34.0. The van der Waals surface area contributed by atoms with Crippen molar-refractivity contribution in [1.29, 1.82) is 0 Å². The molecule has 1 aliphatic carbocycles. The van der Waals surface area contributed by atoms with E-state index in [4.69, 9.17) is 4.43 Å². The maximum Gasteiger partial charge on any atom is 0.261 e. The number of hydrogen-bond donors (Lipinski definition) is 0. The summed E-state index contributed by atoms with van der Waals surface area (Å²) in [6.45, 7) is 13.1. The van der Waals surface area contributed by atoms with E-state index < -0.39 is 8.32 Å². The molecule has 1 heterocycles. The van der Waals surface area contributed by atoms with E-state index in [0.29, 0.717) is 0 Å². The lowest BCUT2D eigenvalue weighted by molar-refractivity contribution is 0.153. The minimum absolute atomic E-state index is 0.0216. The molecular formula is C37H46N2OSi. The van der Waals surface area contributed by atoms with Gasteiger partial charge in [0.1, 0.15) is 0 Å². The Hall–Kier alpha value is -2.76. The van der Waals surface area contributed by atoms with Crippen molar-refractivity contribution in [2.75, 3.05) is 39.8 Å². The molecule has 0 spiro atoms. The van der Waals surface area contributed by atoms with Crippen LogP contribution in [0, 0.1) is 0 Å². The van der Waals surface area contributed by atoms with E-state index in [2.05, 4.69) is 129 Å². The van der Waals surface area contributed by atoms with Crippen LogP contribution in [-0.2, 0) is 17.3 Å². The van der Waals surface area contributed by atoms with Gasteiger partial charge in [0.25, 0.3) is 8.32 Å². The Labute approximate surface area is 248 Å². The van der Waals surface area contributed by atoms with Crippen LogP contribution in [0.2, 0.25) is 5.04 Å². The summed E-state index contributed by atoms with van der Waals surface area (Å²) in [6.07, 6.45) is 4.62. The van der Waals surface area contributed by atoms with E-state index in [1.165, 1.54) is 77.0 Å². The molecule has 1 aliphatic heterocycles. The highest BCUT2D eigenvalue weighted by molar-refractivity contribution is 6.99. The second-order valence-electron chi connectivity index (χ2n) is 13.2. The minimum atomic E-state index is -2.61. The first-order valence-corrected chi connectivity index (χ1v) is 17.5. The number of nitrogens with zero attached hydrogens (tertiary/aromatic N) is 2. The average molecular weight is 563 g/mol. The summed E-state index contributed by atoms with van der Waals surface area (Å²) in [5.41, 5.74) is 4.38. The van der Waals surface area contributed by atoms with Crippen LogP contribution in [0.4, 0.5) is 0 Å². The summed E-state index contributed by atoms with van der Waals surface area (Å²) in [5.74, 6) is 0. The molecule has 3 nitrogen and oxygen atoms in total. The summed E-state index contributed by atoms with van der Waals surface area (Å²) in [7, 11) is -0.376. The van der Waals surface area contributed by atoms with Gasteiger partial charge in [0.15, 0.2) is 0 Å². The van der Waals surface area contributed by atoms with Gasteiger partial charge >= 0.3 is 0 Å². The van der Waals surface area contributed by atoms with Crippen molar-refractivity contribution < 1.29 is 4.43 Å². The molecule has 41 heavy (non-hydrogen) atoms. The SMILES string of the molecule is CN1CCN(CCCc2ccc3ccc4c(c3c2)CCC4O[Si](c2ccccc2)(c2ccccc2)C(C)(C)C)CC1. The molecule has 1 saturated heterocycles. The van der Waals surface area contributed by atoms with Gasteiger partial charge in [-0.2, -0.15) is 0 Å². The number of hydrogen-bond acceptors (Lipinski definition) is 3. The number of rotatable bonds is 8. The van der Waals surface area contributed by atoms with Gasteiger partial charge < -0.3 is 14.2 Å². The molecular weight excluding hydrogens is 517 g/mol. The monoisotopic (exact) mass is 562 g/mol. The first kappa shape index (κ1) is 28.4. The fraction of sp³-hybridized carbons (Fsp3) is 0.405. The van der Waals surface area contributed by atoms with Crippen LogP contribution in [0.15, 0.2) is 91.0 Å². The summed E-state index contributed by atoms with van der Waals surface area (Å²) < 4.78 is 7.61. The Morgan fingerprint density at radius 2 is 1.44 bits per heavy atom. The zero-order valence-corrected chi connectivity index (χ0v) is 26.4. The normalized spacial score (nSPS) is 18.6. The average Bonchev–Trinajstić information content (AvgIpc) is 3.40. The number of piperazine rings is 1. The van der Waals surface area contributed by atoms with E-state index in [-0.39, 0.29) is 11.1 Å². The van der Waals surface area contributed by atoms with Gasteiger partial charge in [-0.25, -0.2) is 0 Å². The molecule has 214 valence electrons. The molecule has 2 aliphatic rings. The van der Waals surface area contributed by atoms with Crippen LogP contribution in [-0.4, -0.2) is 57.9 Å². The number of benzene rings is 4.